The van der Waals surface area contributed by atoms with E-state index in [4.69, 9.17) is 4.74 Å². The predicted octanol–water partition coefficient (Wildman–Crippen LogP) is 4.93. The fourth-order valence-corrected chi connectivity index (χ4v) is 3.21. The van der Waals surface area contributed by atoms with Gasteiger partial charge in [0, 0.05) is 5.69 Å². The molecule has 0 amide bonds. The number of hydrogen-bond acceptors (Lipinski definition) is 3. The Morgan fingerprint density at radius 2 is 1.56 bits per heavy atom. The molecule has 0 fully saturated rings. The first kappa shape index (κ1) is 17.3. The number of imidazole rings is 1. The van der Waals surface area contributed by atoms with E-state index in [0.717, 1.165) is 39.2 Å². The summed E-state index contributed by atoms with van der Waals surface area (Å²) in [6.07, 6.45) is 1.84. The van der Waals surface area contributed by atoms with Gasteiger partial charge in [0.15, 0.2) is 0 Å². The molecule has 1 N–H and O–H groups in total. The fourth-order valence-electron chi connectivity index (χ4n) is 3.21. The van der Waals surface area contributed by atoms with Crippen LogP contribution in [0.15, 0.2) is 73.1 Å². The zero-order valence-corrected chi connectivity index (χ0v) is 15.7. The van der Waals surface area contributed by atoms with Gasteiger partial charge in [-0.1, -0.05) is 30.3 Å². The highest BCUT2D eigenvalue weighted by Crippen LogP contribution is 2.28. The largest absolute Gasteiger partial charge is 0.497 e. The summed E-state index contributed by atoms with van der Waals surface area (Å²) < 4.78 is 7.31. The van der Waals surface area contributed by atoms with Gasteiger partial charge in [0.1, 0.15) is 12.1 Å². The molecule has 0 unspecified atom stereocenters. The zero-order valence-electron chi connectivity index (χ0n) is 15.7. The van der Waals surface area contributed by atoms with Crippen molar-refractivity contribution in [3.63, 3.8) is 0 Å². The predicted molar refractivity (Wildman–Crippen MR) is 108 cm³/mol. The highest BCUT2D eigenvalue weighted by Gasteiger charge is 2.15. The number of aromatic nitrogens is 2. The molecule has 4 aromatic rings. The van der Waals surface area contributed by atoms with Crippen molar-refractivity contribution >= 4 is 11.0 Å². The van der Waals surface area contributed by atoms with Gasteiger partial charge in [0.2, 0.25) is 0 Å². The average Bonchev–Trinajstić information content (AvgIpc) is 3.10. The summed E-state index contributed by atoms with van der Waals surface area (Å²) in [5, 5.41) is 10.1. The van der Waals surface area contributed by atoms with E-state index in [9.17, 15) is 5.11 Å². The van der Waals surface area contributed by atoms with Crippen LogP contribution < -0.4 is 4.74 Å². The standard InChI is InChI=1S/C23H22N2O2/c1-23(2,26)18-7-4-16(5-8-18)17-6-13-21-22(14-17)25(15-24-21)19-9-11-20(27-3)12-10-19/h4-15,26H,1-3H3. The molecule has 0 aliphatic carbocycles. The van der Waals surface area contributed by atoms with E-state index >= 15 is 0 Å². The molecule has 27 heavy (non-hydrogen) atoms. The molecule has 1 aromatic heterocycles. The number of methoxy groups -OCH3 is 1. The molecule has 1 heterocycles. The van der Waals surface area contributed by atoms with Crippen LogP contribution in [0.1, 0.15) is 19.4 Å². The quantitative estimate of drug-likeness (QED) is 0.563. The van der Waals surface area contributed by atoms with E-state index in [0.29, 0.717) is 0 Å². The van der Waals surface area contributed by atoms with Crippen molar-refractivity contribution in [1.29, 1.82) is 0 Å². The number of ether oxygens (including phenoxy) is 1. The van der Waals surface area contributed by atoms with Crippen molar-refractivity contribution in [2.24, 2.45) is 0 Å². The smallest absolute Gasteiger partial charge is 0.119 e. The molecule has 0 radical (unpaired) electrons. The molecule has 0 spiro atoms. The Balaban J connectivity index is 1.75. The first-order chi connectivity index (χ1) is 13.0. The molecule has 136 valence electrons. The van der Waals surface area contributed by atoms with Gasteiger partial charge < -0.3 is 9.84 Å². The average molecular weight is 358 g/mol. The molecule has 0 aliphatic heterocycles. The Morgan fingerprint density at radius 1 is 0.889 bits per heavy atom. The summed E-state index contributed by atoms with van der Waals surface area (Å²) in [5.41, 5.74) is 5.30. The van der Waals surface area contributed by atoms with Crippen LogP contribution in [0, 0.1) is 0 Å². The second-order valence-corrected chi connectivity index (χ2v) is 7.15. The maximum Gasteiger partial charge on any atom is 0.119 e. The number of aliphatic hydroxyl groups is 1. The van der Waals surface area contributed by atoms with Gasteiger partial charge in [0.25, 0.3) is 0 Å². The zero-order chi connectivity index (χ0) is 19.0. The van der Waals surface area contributed by atoms with Crippen molar-refractivity contribution < 1.29 is 9.84 Å². The summed E-state index contributed by atoms with van der Waals surface area (Å²) in [6.45, 7) is 3.59. The molecule has 3 aromatic carbocycles. The third kappa shape index (κ3) is 3.32. The third-order valence-electron chi connectivity index (χ3n) is 4.82. The highest BCUT2D eigenvalue weighted by atomic mass is 16.5. The molecular formula is C23H22N2O2. The topological polar surface area (TPSA) is 47.3 Å². The van der Waals surface area contributed by atoms with Crippen LogP contribution in [-0.2, 0) is 5.60 Å². The Morgan fingerprint density at radius 3 is 2.19 bits per heavy atom. The lowest BCUT2D eigenvalue weighted by Gasteiger charge is -2.18. The molecule has 0 aliphatic rings. The fraction of sp³-hybridized carbons (Fsp3) is 0.174. The number of benzene rings is 3. The first-order valence-corrected chi connectivity index (χ1v) is 8.90. The minimum Gasteiger partial charge on any atom is -0.497 e. The van der Waals surface area contributed by atoms with Gasteiger partial charge in [-0.15, -0.1) is 0 Å². The van der Waals surface area contributed by atoms with Crippen molar-refractivity contribution in [2.45, 2.75) is 19.4 Å². The minimum atomic E-state index is -0.838. The van der Waals surface area contributed by atoms with Crippen molar-refractivity contribution in [2.75, 3.05) is 7.11 Å². The highest BCUT2D eigenvalue weighted by molar-refractivity contribution is 5.83. The van der Waals surface area contributed by atoms with Crippen LogP contribution in [0.3, 0.4) is 0 Å². The monoisotopic (exact) mass is 358 g/mol. The second kappa shape index (κ2) is 6.56. The van der Waals surface area contributed by atoms with Gasteiger partial charge in [-0.3, -0.25) is 4.57 Å². The van der Waals surface area contributed by atoms with Crippen LogP contribution in [0.2, 0.25) is 0 Å². The third-order valence-corrected chi connectivity index (χ3v) is 4.82. The van der Waals surface area contributed by atoms with E-state index < -0.39 is 5.60 Å². The Kier molecular flexibility index (Phi) is 4.21. The number of rotatable bonds is 4. The molecule has 4 nitrogen and oxygen atoms in total. The maximum atomic E-state index is 10.1. The van der Waals surface area contributed by atoms with E-state index in [1.165, 1.54) is 0 Å². The molecule has 0 saturated heterocycles. The van der Waals surface area contributed by atoms with Gasteiger partial charge in [-0.05, 0) is 66.9 Å². The molecule has 4 rings (SSSR count). The molecule has 0 saturated carbocycles. The lowest BCUT2D eigenvalue weighted by atomic mass is 9.95. The van der Waals surface area contributed by atoms with Gasteiger partial charge >= 0.3 is 0 Å². The Hall–Kier alpha value is -3.11. The van der Waals surface area contributed by atoms with Crippen molar-refractivity contribution in [3.05, 3.63) is 78.6 Å². The first-order valence-electron chi connectivity index (χ1n) is 8.90. The van der Waals surface area contributed by atoms with Crippen LogP contribution in [0.4, 0.5) is 0 Å². The van der Waals surface area contributed by atoms with Gasteiger partial charge in [0.05, 0.1) is 23.7 Å². The molecule has 0 bridgehead atoms. The van der Waals surface area contributed by atoms with Crippen molar-refractivity contribution in [3.8, 4) is 22.6 Å². The number of nitrogens with zero attached hydrogens (tertiary/aromatic N) is 2. The van der Waals surface area contributed by atoms with Crippen LogP contribution in [0.25, 0.3) is 27.8 Å². The van der Waals surface area contributed by atoms with E-state index in [2.05, 4.69) is 21.7 Å². The van der Waals surface area contributed by atoms with Gasteiger partial charge in [-0.2, -0.15) is 0 Å². The molecule has 0 atom stereocenters. The van der Waals surface area contributed by atoms with E-state index in [-0.39, 0.29) is 0 Å². The molecule has 4 heteroatoms. The van der Waals surface area contributed by atoms with E-state index in [1.54, 1.807) is 21.0 Å². The maximum absolute atomic E-state index is 10.1. The Labute approximate surface area is 158 Å². The lowest BCUT2D eigenvalue weighted by Crippen LogP contribution is -2.14. The van der Waals surface area contributed by atoms with E-state index in [1.807, 2.05) is 60.9 Å². The normalized spacial score (nSPS) is 11.7. The van der Waals surface area contributed by atoms with Crippen molar-refractivity contribution in [1.82, 2.24) is 9.55 Å². The summed E-state index contributed by atoms with van der Waals surface area (Å²) in [5.74, 6) is 0.829. The van der Waals surface area contributed by atoms with Crippen LogP contribution >= 0.6 is 0 Å². The van der Waals surface area contributed by atoms with Crippen LogP contribution in [-0.4, -0.2) is 21.8 Å². The number of fused-ring (bicyclic) bond motifs is 1. The lowest BCUT2D eigenvalue weighted by molar-refractivity contribution is 0.0786. The summed E-state index contributed by atoms with van der Waals surface area (Å²) >= 11 is 0. The minimum absolute atomic E-state index is 0.829. The summed E-state index contributed by atoms with van der Waals surface area (Å²) in [6, 6.07) is 22.2. The molecular weight excluding hydrogens is 336 g/mol. The number of hydrogen-bond donors (Lipinski definition) is 1. The summed E-state index contributed by atoms with van der Waals surface area (Å²) in [7, 11) is 1.66. The van der Waals surface area contributed by atoms with Crippen LogP contribution in [0.5, 0.6) is 5.75 Å². The second-order valence-electron chi connectivity index (χ2n) is 7.15. The van der Waals surface area contributed by atoms with Gasteiger partial charge in [-0.25, -0.2) is 4.98 Å². The summed E-state index contributed by atoms with van der Waals surface area (Å²) in [4.78, 5) is 4.52. The SMILES string of the molecule is COc1ccc(-n2cnc3ccc(-c4ccc(C(C)(C)O)cc4)cc32)cc1. The Bertz CT molecular complexity index is 1070.